The van der Waals surface area contributed by atoms with Crippen LogP contribution in [0.25, 0.3) is 0 Å². The van der Waals surface area contributed by atoms with E-state index in [4.69, 9.17) is 0 Å². The Bertz CT molecular complexity index is 679. The number of aliphatic hydroxyl groups is 3. The average Bonchev–Trinajstić information content (AvgIpc) is 3.05. The molecule has 0 aliphatic rings. The van der Waals surface area contributed by atoms with E-state index in [0.717, 1.165) is 38.5 Å². The zero-order chi connectivity index (χ0) is 33.8. The fraction of sp³-hybridized carbons (Fsp3) is 0.878. The van der Waals surface area contributed by atoms with E-state index in [1.807, 2.05) is 6.08 Å². The SMILES string of the molecule is CCCCCCCCCCC/C=C\CCCCCC(O)CC(=O)NC(CO)C(O)/C=C/CCCCCCCCCCCCCCC. The van der Waals surface area contributed by atoms with Crippen molar-refractivity contribution >= 4 is 5.91 Å². The van der Waals surface area contributed by atoms with E-state index in [9.17, 15) is 20.1 Å². The molecule has 1 amide bonds. The normalized spacial score (nSPS) is 13.9. The molecular formula is C41H79NO4. The average molecular weight is 650 g/mol. The van der Waals surface area contributed by atoms with Gasteiger partial charge >= 0.3 is 0 Å². The van der Waals surface area contributed by atoms with Crippen LogP contribution in [0.3, 0.4) is 0 Å². The highest BCUT2D eigenvalue weighted by Crippen LogP contribution is 2.14. The lowest BCUT2D eigenvalue weighted by atomic mass is 10.0. The van der Waals surface area contributed by atoms with Crippen molar-refractivity contribution in [3.63, 3.8) is 0 Å². The summed E-state index contributed by atoms with van der Waals surface area (Å²) in [5.74, 6) is -0.324. The molecule has 0 aliphatic carbocycles. The van der Waals surface area contributed by atoms with Crippen LogP contribution < -0.4 is 5.32 Å². The Labute approximate surface area is 286 Å². The zero-order valence-corrected chi connectivity index (χ0v) is 30.7. The molecule has 3 unspecified atom stereocenters. The summed E-state index contributed by atoms with van der Waals surface area (Å²) in [6, 6.07) is -0.745. The first-order valence-electron chi connectivity index (χ1n) is 20.1. The summed E-state index contributed by atoms with van der Waals surface area (Å²) in [5, 5.41) is 33.1. The third kappa shape index (κ3) is 32.8. The Kier molecular flexibility index (Phi) is 35.7. The van der Waals surface area contributed by atoms with Crippen molar-refractivity contribution in [2.75, 3.05) is 6.61 Å². The van der Waals surface area contributed by atoms with Gasteiger partial charge in [-0.05, 0) is 44.9 Å². The Balaban J connectivity index is 3.73. The van der Waals surface area contributed by atoms with Crippen LogP contribution in [-0.4, -0.2) is 46.1 Å². The lowest BCUT2D eigenvalue weighted by Gasteiger charge is -2.21. The van der Waals surface area contributed by atoms with Crippen molar-refractivity contribution in [2.45, 2.75) is 225 Å². The number of unbranched alkanes of at least 4 members (excludes halogenated alkanes) is 25. The fourth-order valence-electron chi connectivity index (χ4n) is 6.10. The van der Waals surface area contributed by atoms with Crippen LogP contribution in [0.5, 0.6) is 0 Å². The van der Waals surface area contributed by atoms with Gasteiger partial charge in [-0.1, -0.05) is 179 Å². The standard InChI is InChI=1S/C41H79NO4/c1-3-5-7-9-11-13-15-17-19-21-22-24-26-28-30-32-34-38(44)36-41(46)42-39(37-43)40(45)35-33-31-29-27-25-23-20-18-16-14-12-10-8-6-4-2/h22,24,33,35,38-40,43-45H,3-21,23,25-32,34,36-37H2,1-2H3,(H,42,46)/b24-22-,35-33+. The number of carbonyl (C=O) groups excluding carboxylic acids is 1. The molecule has 0 aromatic heterocycles. The van der Waals surface area contributed by atoms with Gasteiger partial charge in [-0.15, -0.1) is 0 Å². The van der Waals surface area contributed by atoms with Crippen molar-refractivity contribution < 1.29 is 20.1 Å². The molecule has 0 aromatic rings. The Morgan fingerprint density at radius 2 is 0.913 bits per heavy atom. The van der Waals surface area contributed by atoms with Gasteiger partial charge in [0.15, 0.2) is 0 Å². The molecule has 0 spiro atoms. The molecule has 0 saturated heterocycles. The maximum atomic E-state index is 12.4. The molecule has 0 saturated carbocycles. The van der Waals surface area contributed by atoms with Crippen LogP contribution in [0.2, 0.25) is 0 Å². The molecule has 272 valence electrons. The monoisotopic (exact) mass is 650 g/mol. The summed E-state index contributed by atoms with van der Waals surface area (Å²) >= 11 is 0. The summed E-state index contributed by atoms with van der Waals surface area (Å²) in [4.78, 5) is 12.4. The Morgan fingerprint density at radius 3 is 1.33 bits per heavy atom. The summed E-state index contributed by atoms with van der Waals surface area (Å²) < 4.78 is 0. The molecule has 4 N–H and O–H groups in total. The second kappa shape index (κ2) is 36.7. The molecule has 0 aliphatic heterocycles. The van der Waals surface area contributed by atoms with Crippen LogP contribution in [0.4, 0.5) is 0 Å². The number of hydrogen-bond acceptors (Lipinski definition) is 4. The molecule has 0 fully saturated rings. The molecule has 5 nitrogen and oxygen atoms in total. The quantitative estimate of drug-likeness (QED) is 0.0401. The van der Waals surface area contributed by atoms with Crippen molar-refractivity contribution in [3.8, 4) is 0 Å². The third-order valence-corrected chi connectivity index (χ3v) is 9.23. The first-order chi connectivity index (χ1) is 22.5. The van der Waals surface area contributed by atoms with E-state index in [2.05, 4.69) is 31.3 Å². The molecular weight excluding hydrogens is 570 g/mol. The summed E-state index contributed by atoms with van der Waals surface area (Å²) in [7, 11) is 0. The van der Waals surface area contributed by atoms with Gasteiger partial charge in [0.1, 0.15) is 0 Å². The van der Waals surface area contributed by atoms with Crippen molar-refractivity contribution in [1.29, 1.82) is 0 Å². The van der Waals surface area contributed by atoms with E-state index in [-0.39, 0.29) is 18.9 Å². The van der Waals surface area contributed by atoms with Gasteiger partial charge in [0, 0.05) is 0 Å². The maximum absolute atomic E-state index is 12.4. The molecule has 0 bridgehead atoms. The first kappa shape index (κ1) is 44.8. The number of rotatable bonds is 36. The van der Waals surface area contributed by atoms with Crippen LogP contribution in [0, 0.1) is 0 Å². The molecule has 0 rings (SSSR count). The molecule has 5 heteroatoms. The molecule has 3 atom stereocenters. The zero-order valence-electron chi connectivity index (χ0n) is 30.7. The Hall–Kier alpha value is -1.17. The summed E-state index contributed by atoms with van der Waals surface area (Å²) in [5.41, 5.74) is 0. The maximum Gasteiger partial charge on any atom is 0.222 e. The van der Waals surface area contributed by atoms with E-state index in [0.29, 0.717) is 6.42 Å². The van der Waals surface area contributed by atoms with Gasteiger partial charge in [0.2, 0.25) is 5.91 Å². The topological polar surface area (TPSA) is 89.8 Å². The van der Waals surface area contributed by atoms with Gasteiger partial charge < -0.3 is 20.6 Å². The van der Waals surface area contributed by atoms with E-state index < -0.39 is 18.2 Å². The van der Waals surface area contributed by atoms with Gasteiger partial charge in [-0.25, -0.2) is 0 Å². The Morgan fingerprint density at radius 1 is 0.543 bits per heavy atom. The summed E-state index contributed by atoms with van der Waals surface area (Å²) in [6.07, 6.45) is 43.0. The lowest BCUT2D eigenvalue weighted by Crippen LogP contribution is -2.45. The number of allylic oxidation sites excluding steroid dienone is 3. The van der Waals surface area contributed by atoms with Crippen molar-refractivity contribution in [2.24, 2.45) is 0 Å². The minimum atomic E-state index is -0.929. The van der Waals surface area contributed by atoms with Crippen molar-refractivity contribution in [1.82, 2.24) is 5.32 Å². The van der Waals surface area contributed by atoms with Gasteiger partial charge in [0.25, 0.3) is 0 Å². The van der Waals surface area contributed by atoms with Crippen LogP contribution >= 0.6 is 0 Å². The van der Waals surface area contributed by atoms with E-state index in [1.165, 1.54) is 141 Å². The van der Waals surface area contributed by atoms with E-state index >= 15 is 0 Å². The first-order valence-corrected chi connectivity index (χ1v) is 20.1. The molecule has 0 heterocycles. The van der Waals surface area contributed by atoms with E-state index in [1.54, 1.807) is 6.08 Å². The van der Waals surface area contributed by atoms with Crippen LogP contribution in [0.1, 0.15) is 206 Å². The second-order valence-electron chi connectivity index (χ2n) is 13.9. The molecule has 0 radical (unpaired) electrons. The van der Waals surface area contributed by atoms with Gasteiger partial charge in [-0.2, -0.15) is 0 Å². The number of hydrogen-bond donors (Lipinski definition) is 4. The van der Waals surface area contributed by atoms with Gasteiger partial charge in [0.05, 0.1) is 31.3 Å². The number of nitrogens with one attached hydrogen (secondary N) is 1. The number of aliphatic hydroxyl groups excluding tert-OH is 3. The fourth-order valence-corrected chi connectivity index (χ4v) is 6.10. The number of carbonyl (C=O) groups is 1. The minimum absolute atomic E-state index is 0.00450. The van der Waals surface area contributed by atoms with Gasteiger partial charge in [-0.3, -0.25) is 4.79 Å². The largest absolute Gasteiger partial charge is 0.394 e. The highest BCUT2D eigenvalue weighted by Gasteiger charge is 2.20. The minimum Gasteiger partial charge on any atom is -0.394 e. The lowest BCUT2D eigenvalue weighted by molar-refractivity contribution is -0.124. The van der Waals surface area contributed by atoms with Crippen LogP contribution in [0.15, 0.2) is 24.3 Å². The number of amides is 1. The summed E-state index contributed by atoms with van der Waals surface area (Å²) in [6.45, 7) is 4.20. The molecule has 0 aromatic carbocycles. The second-order valence-corrected chi connectivity index (χ2v) is 13.9. The highest BCUT2D eigenvalue weighted by molar-refractivity contribution is 5.76. The van der Waals surface area contributed by atoms with Crippen LogP contribution in [-0.2, 0) is 4.79 Å². The van der Waals surface area contributed by atoms with Crippen molar-refractivity contribution in [3.05, 3.63) is 24.3 Å². The predicted octanol–water partition coefficient (Wildman–Crippen LogP) is 11.0. The highest BCUT2D eigenvalue weighted by atomic mass is 16.3. The predicted molar refractivity (Wildman–Crippen MR) is 199 cm³/mol. The third-order valence-electron chi connectivity index (χ3n) is 9.23. The molecule has 46 heavy (non-hydrogen) atoms. The smallest absolute Gasteiger partial charge is 0.222 e.